The predicted octanol–water partition coefficient (Wildman–Crippen LogP) is -0.148. The van der Waals surface area contributed by atoms with Crippen molar-refractivity contribution in [2.75, 3.05) is 6.54 Å². The quantitative estimate of drug-likeness (QED) is 0.599. The maximum absolute atomic E-state index is 13.1. The second-order valence-corrected chi connectivity index (χ2v) is 4.10. The Morgan fingerprint density at radius 1 is 1.50 bits per heavy atom. The van der Waals surface area contributed by atoms with Crippen molar-refractivity contribution >= 4 is 24.8 Å². The van der Waals surface area contributed by atoms with Crippen molar-refractivity contribution in [3.05, 3.63) is 28.8 Å². The van der Waals surface area contributed by atoms with Gasteiger partial charge in [-0.3, -0.25) is 4.79 Å². The highest BCUT2D eigenvalue weighted by Gasteiger charge is 2.44. The Labute approximate surface area is 111 Å². The topological polar surface area (TPSA) is 75.6 Å². The van der Waals surface area contributed by atoms with Crippen LogP contribution in [0.4, 0.5) is 13.2 Å². The molecule has 0 bridgehead atoms. The Morgan fingerprint density at radius 2 is 2.20 bits per heavy atom. The smallest absolute Gasteiger partial charge is 0.423 e. The van der Waals surface area contributed by atoms with Crippen LogP contribution in [0.3, 0.4) is 0 Å². The molecule has 1 aliphatic heterocycles. The molecule has 0 saturated heterocycles. The highest BCUT2D eigenvalue weighted by Crippen LogP contribution is 2.33. The molecule has 5 nitrogen and oxygen atoms in total. The molecule has 0 saturated carbocycles. The summed E-state index contributed by atoms with van der Waals surface area (Å²) in [7, 11) is -1.72. The highest BCUT2D eigenvalue weighted by molar-refractivity contribution is 6.62. The standard InChI is InChI=1S/C11H9BF3NO4/c13-11(14,15)8-7(10(18)16-3-4-17)2-1-6-5-20-12(19)9(6)8/h1-2,4,19H,3,5H2,(H,16,18). The molecule has 20 heavy (non-hydrogen) atoms. The maximum atomic E-state index is 13.1. The van der Waals surface area contributed by atoms with Crippen molar-refractivity contribution in [3.8, 4) is 0 Å². The number of nitrogens with one attached hydrogen (secondary N) is 1. The van der Waals surface area contributed by atoms with E-state index in [0.29, 0.717) is 6.29 Å². The van der Waals surface area contributed by atoms with Crippen molar-refractivity contribution in [3.63, 3.8) is 0 Å². The van der Waals surface area contributed by atoms with Gasteiger partial charge in [-0.2, -0.15) is 13.2 Å². The third-order valence-electron chi connectivity index (χ3n) is 2.85. The summed E-state index contributed by atoms with van der Waals surface area (Å²) >= 11 is 0. The third-order valence-corrected chi connectivity index (χ3v) is 2.85. The Bertz CT molecular complexity index is 561. The van der Waals surface area contributed by atoms with Crippen LogP contribution in [-0.2, 0) is 22.2 Å². The van der Waals surface area contributed by atoms with Gasteiger partial charge in [0.05, 0.1) is 24.3 Å². The zero-order valence-corrected chi connectivity index (χ0v) is 10.0. The molecule has 9 heteroatoms. The van der Waals surface area contributed by atoms with Gasteiger partial charge in [0.2, 0.25) is 0 Å². The number of alkyl halides is 3. The van der Waals surface area contributed by atoms with Crippen molar-refractivity contribution in [1.82, 2.24) is 5.32 Å². The molecular formula is C11H9BF3NO4. The predicted molar refractivity (Wildman–Crippen MR) is 62.2 cm³/mol. The van der Waals surface area contributed by atoms with E-state index in [0.717, 1.165) is 6.07 Å². The zero-order chi connectivity index (χ0) is 14.9. The fourth-order valence-electron chi connectivity index (χ4n) is 2.05. The summed E-state index contributed by atoms with van der Waals surface area (Å²) in [6.07, 6.45) is -4.47. The molecule has 1 aromatic rings. The lowest BCUT2D eigenvalue weighted by Gasteiger charge is -2.16. The minimum Gasteiger partial charge on any atom is -0.423 e. The Morgan fingerprint density at radius 3 is 2.80 bits per heavy atom. The molecule has 106 valence electrons. The second kappa shape index (κ2) is 5.26. The lowest BCUT2D eigenvalue weighted by Crippen LogP contribution is -2.38. The lowest BCUT2D eigenvalue weighted by molar-refractivity contribution is -0.137. The van der Waals surface area contributed by atoms with Crippen LogP contribution in [0.2, 0.25) is 0 Å². The lowest BCUT2D eigenvalue weighted by atomic mass is 9.74. The number of aldehydes is 1. The van der Waals surface area contributed by atoms with Gasteiger partial charge in [-0.15, -0.1) is 0 Å². The van der Waals surface area contributed by atoms with Crippen molar-refractivity contribution < 1.29 is 32.4 Å². The fourth-order valence-corrected chi connectivity index (χ4v) is 2.05. The van der Waals surface area contributed by atoms with Gasteiger partial charge in [-0.05, 0) is 11.6 Å². The van der Waals surface area contributed by atoms with Crippen molar-refractivity contribution in [1.29, 1.82) is 0 Å². The maximum Gasteiger partial charge on any atom is 0.492 e. The number of rotatable bonds is 3. The van der Waals surface area contributed by atoms with Crippen LogP contribution < -0.4 is 10.8 Å². The van der Waals surface area contributed by atoms with Gasteiger partial charge < -0.3 is 19.8 Å². The summed E-state index contributed by atoms with van der Waals surface area (Å²) in [6, 6.07) is 2.29. The molecule has 0 spiro atoms. The number of hydrogen-bond acceptors (Lipinski definition) is 4. The summed E-state index contributed by atoms with van der Waals surface area (Å²) < 4.78 is 44.2. The van der Waals surface area contributed by atoms with E-state index in [1.807, 2.05) is 5.32 Å². The normalized spacial score (nSPS) is 14.1. The average molecular weight is 287 g/mol. The van der Waals surface area contributed by atoms with Gasteiger partial charge in [0, 0.05) is 5.46 Å². The third kappa shape index (κ3) is 2.54. The number of benzene rings is 1. The number of halogens is 3. The SMILES string of the molecule is O=CCNC(=O)c1ccc2c(c1C(F)(F)F)B(O)OC2. The van der Waals surface area contributed by atoms with E-state index in [1.165, 1.54) is 6.07 Å². The number of amides is 1. The molecular weight excluding hydrogens is 278 g/mol. The Balaban J connectivity index is 2.55. The van der Waals surface area contributed by atoms with E-state index in [9.17, 15) is 27.8 Å². The molecule has 1 aromatic carbocycles. The first-order valence-corrected chi connectivity index (χ1v) is 5.60. The molecule has 0 atom stereocenters. The molecule has 1 amide bonds. The van der Waals surface area contributed by atoms with E-state index in [-0.39, 0.29) is 12.2 Å². The minimum absolute atomic E-state index is 0.157. The molecule has 0 radical (unpaired) electrons. The van der Waals surface area contributed by atoms with Crippen molar-refractivity contribution in [2.24, 2.45) is 0 Å². The summed E-state index contributed by atoms with van der Waals surface area (Å²) in [5, 5.41) is 11.5. The van der Waals surface area contributed by atoms with Gasteiger partial charge in [0.15, 0.2) is 0 Å². The first-order chi connectivity index (χ1) is 9.36. The summed E-state index contributed by atoms with van der Waals surface area (Å²) in [5.74, 6) is -1.04. The average Bonchev–Trinajstić information content (AvgIpc) is 2.75. The second-order valence-electron chi connectivity index (χ2n) is 4.10. The minimum atomic E-state index is -4.83. The largest absolute Gasteiger partial charge is 0.492 e. The van der Waals surface area contributed by atoms with E-state index in [1.54, 1.807) is 0 Å². The van der Waals surface area contributed by atoms with Gasteiger partial charge in [0.1, 0.15) is 6.29 Å². The number of carbonyl (C=O) groups is 2. The van der Waals surface area contributed by atoms with Crippen LogP contribution in [0.1, 0.15) is 21.5 Å². The summed E-state index contributed by atoms with van der Waals surface area (Å²) in [6.45, 7) is -0.553. The van der Waals surface area contributed by atoms with Crippen LogP contribution in [0.25, 0.3) is 0 Å². The van der Waals surface area contributed by atoms with Gasteiger partial charge in [-0.25, -0.2) is 0 Å². The van der Waals surface area contributed by atoms with Crippen LogP contribution >= 0.6 is 0 Å². The van der Waals surface area contributed by atoms with Gasteiger partial charge >= 0.3 is 13.3 Å². The van der Waals surface area contributed by atoms with E-state index >= 15 is 0 Å². The number of hydrogen-bond donors (Lipinski definition) is 2. The monoisotopic (exact) mass is 287 g/mol. The number of carbonyl (C=O) groups excluding carboxylic acids is 2. The molecule has 0 aromatic heterocycles. The molecule has 1 heterocycles. The molecule has 0 aliphatic carbocycles. The van der Waals surface area contributed by atoms with E-state index in [4.69, 9.17) is 4.65 Å². The van der Waals surface area contributed by atoms with E-state index < -0.39 is 42.3 Å². The van der Waals surface area contributed by atoms with Crippen LogP contribution in [0.5, 0.6) is 0 Å². The first-order valence-electron chi connectivity index (χ1n) is 5.60. The highest BCUT2D eigenvalue weighted by atomic mass is 19.4. The van der Waals surface area contributed by atoms with Crippen LogP contribution in [0.15, 0.2) is 12.1 Å². The van der Waals surface area contributed by atoms with Gasteiger partial charge in [-0.1, -0.05) is 6.07 Å². The Kier molecular flexibility index (Phi) is 3.82. The molecule has 1 aliphatic rings. The molecule has 2 N–H and O–H groups in total. The molecule has 0 unspecified atom stereocenters. The summed E-state index contributed by atoms with van der Waals surface area (Å²) in [4.78, 5) is 21.8. The number of fused-ring (bicyclic) bond motifs is 1. The van der Waals surface area contributed by atoms with Crippen LogP contribution in [-0.4, -0.2) is 30.9 Å². The molecule has 0 fully saturated rings. The zero-order valence-electron chi connectivity index (χ0n) is 10.0. The Hall–Kier alpha value is -1.87. The van der Waals surface area contributed by atoms with Crippen molar-refractivity contribution in [2.45, 2.75) is 12.8 Å². The summed E-state index contributed by atoms with van der Waals surface area (Å²) in [5.41, 5.74) is -2.15. The fraction of sp³-hybridized carbons (Fsp3) is 0.273. The first kappa shape index (κ1) is 14.5. The van der Waals surface area contributed by atoms with Gasteiger partial charge in [0.25, 0.3) is 5.91 Å². The van der Waals surface area contributed by atoms with E-state index in [2.05, 4.69) is 0 Å². The van der Waals surface area contributed by atoms with Crippen LogP contribution in [0, 0.1) is 0 Å². The molecule has 2 rings (SSSR count).